The molecule has 3 N–H and O–H groups in total. The van der Waals surface area contributed by atoms with Crippen molar-refractivity contribution in [3.63, 3.8) is 0 Å². The maximum atomic E-state index is 15.2. The Bertz CT molecular complexity index is 655. The summed E-state index contributed by atoms with van der Waals surface area (Å²) in [4.78, 5) is 11.0. The summed E-state index contributed by atoms with van der Waals surface area (Å²) in [5.41, 5.74) is -0.310. The Morgan fingerprint density at radius 2 is 1.83 bits per heavy atom. The molecule has 5 heteroatoms. The van der Waals surface area contributed by atoms with Crippen molar-refractivity contribution >= 4 is 5.97 Å². The number of hydrogen-bond donors (Lipinski definition) is 3. The lowest BCUT2D eigenvalue weighted by Crippen LogP contribution is -2.65. The lowest BCUT2D eigenvalue weighted by molar-refractivity contribution is -0.229. The van der Waals surface area contributed by atoms with Gasteiger partial charge in [-0.25, -0.2) is 4.39 Å². The van der Waals surface area contributed by atoms with Gasteiger partial charge in [0.25, 0.3) is 0 Å². The maximum Gasteiger partial charge on any atom is 0.303 e. The number of aliphatic hydroxyl groups excluding tert-OH is 2. The van der Waals surface area contributed by atoms with Crippen LogP contribution in [0.15, 0.2) is 0 Å². The molecule has 30 heavy (non-hydrogen) atoms. The Morgan fingerprint density at radius 3 is 2.50 bits per heavy atom. The quantitative estimate of drug-likeness (QED) is 0.591. The van der Waals surface area contributed by atoms with Crippen LogP contribution in [0.4, 0.5) is 4.39 Å². The molecule has 4 nitrogen and oxygen atoms in total. The summed E-state index contributed by atoms with van der Waals surface area (Å²) in [6.07, 6.45) is 5.66. The third kappa shape index (κ3) is 3.25. The molecule has 0 radical (unpaired) electrons. The van der Waals surface area contributed by atoms with Crippen LogP contribution in [0, 0.1) is 46.3 Å². The number of hydrogen-bond acceptors (Lipinski definition) is 3. The molecule has 0 saturated heterocycles. The lowest BCUT2D eigenvalue weighted by Gasteiger charge is -2.65. The first-order valence-electron chi connectivity index (χ1n) is 12.4. The zero-order valence-corrected chi connectivity index (χ0v) is 18.9. The van der Waals surface area contributed by atoms with E-state index in [2.05, 4.69) is 20.8 Å². The van der Waals surface area contributed by atoms with Crippen LogP contribution in [-0.4, -0.2) is 39.7 Å². The minimum Gasteiger partial charge on any atom is -0.481 e. The van der Waals surface area contributed by atoms with E-state index in [1.165, 1.54) is 12.8 Å². The van der Waals surface area contributed by atoms with Crippen molar-refractivity contribution in [3.8, 4) is 0 Å². The number of carbonyl (C=O) groups is 1. The monoisotopic (exact) mass is 424 g/mol. The average molecular weight is 425 g/mol. The Kier molecular flexibility index (Phi) is 6.02. The van der Waals surface area contributed by atoms with Crippen LogP contribution >= 0.6 is 0 Å². The van der Waals surface area contributed by atoms with Crippen LogP contribution in [0.2, 0.25) is 0 Å². The molecule has 0 amide bonds. The zero-order valence-electron chi connectivity index (χ0n) is 18.9. The minimum atomic E-state index is -1.15. The van der Waals surface area contributed by atoms with Crippen LogP contribution < -0.4 is 0 Å². The fraction of sp³-hybridized carbons (Fsp3) is 0.960. The van der Waals surface area contributed by atoms with Crippen LogP contribution in [-0.2, 0) is 4.79 Å². The first kappa shape index (κ1) is 22.5. The summed E-state index contributed by atoms with van der Waals surface area (Å²) in [7, 11) is 0. The van der Waals surface area contributed by atoms with Gasteiger partial charge in [-0.05, 0) is 84.9 Å². The molecule has 4 fully saturated rings. The topological polar surface area (TPSA) is 77.8 Å². The molecule has 4 aliphatic rings. The fourth-order valence-electron chi connectivity index (χ4n) is 9.25. The first-order chi connectivity index (χ1) is 14.1. The van der Waals surface area contributed by atoms with Gasteiger partial charge in [0.15, 0.2) is 0 Å². The van der Waals surface area contributed by atoms with Crippen molar-refractivity contribution in [3.05, 3.63) is 0 Å². The zero-order chi connectivity index (χ0) is 21.8. The van der Waals surface area contributed by atoms with Crippen LogP contribution in [0.1, 0.15) is 85.0 Å². The number of halogens is 1. The Hall–Kier alpha value is -0.680. The van der Waals surface area contributed by atoms with Crippen molar-refractivity contribution in [2.45, 2.75) is 103 Å². The van der Waals surface area contributed by atoms with Gasteiger partial charge >= 0.3 is 5.97 Å². The smallest absolute Gasteiger partial charge is 0.303 e. The van der Waals surface area contributed by atoms with Crippen molar-refractivity contribution in [1.29, 1.82) is 0 Å². The third-order valence-electron chi connectivity index (χ3n) is 10.4. The summed E-state index contributed by atoms with van der Waals surface area (Å²) in [6.45, 7) is 6.67. The highest BCUT2D eigenvalue weighted by molar-refractivity contribution is 5.66. The van der Waals surface area contributed by atoms with Gasteiger partial charge in [0, 0.05) is 6.42 Å². The highest BCUT2D eigenvalue weighted by Gasteiger charge is 2.67. The second kappa shape index (κ2) is 8.03. The van der Waals surface area contributed by atoms with Crippen molar-refractivity contribution < 1.29 is 24.5 Å². The molecule has 0 aromatic rings. The molecule has 4 rings (SSSR count). The van der Waals surface area contributed by atoms with Crippen molar-refractivity contribution in [2.75, 3.05) is 0 Å². The van der Waals surface area contributed by atoms with Gasteiger partial charge in [-0.1, -0.05) is 40.0 Å². The molecule has 0 spiro atoms. The van der Waals surface area contributed by atoms with E-state index in [1.807, 2.05) is 0 Å². The number of rotatable bonds is 5. The normalized spacial score (nSPS) is 51.5. The highest BCUT2D eigenvalue weighted by Crippen LogP contribution is 2.69. The fourth-order valence-corrected chi connectivity index (χ4v) is 9.25. The molecule has 3 unspecified atom stereocenters. The van der Waals surface area contributed by atoms with Crippen LogP contribution in [0.25, 0.3) is 0 Å². The van der Waals surface area contributed by atoms with E-state index >= 15 is 4.39 Å². The summed E-state index contributed by atoms with van der Waals surface area (Å²) in [6, 6.07) is 0. The molecule has 0 aliphatic heterocycles. The van der Waals surface area contributed by atoms with Crippen LogP contribution in [0.3, 0.4) is 0 Å². The van der Waals surface area contributed by atoms with E-state index in [-0.39, 0.29) is 53.3 Å². The number of carboxylic acids is 1. The Labute approximate surface area is 180 Å². The number of aliphatic carboxylic acids is 1. The number of alkyl halides is 1. The van der Waals surface area contributed by atoms with E-state index < -0.39 is 24.3 Å². The predicted molar refractivity (Wildman–Crippen MR) is 114 cm³/mol. The molecule has 0 heterocycles. The molecule has 0 aromatic carbocycles. The largest absolute Gasteiger partial charge is 0.481 e. The molecule has 0 aromatic heterocycles. The van der Waals surface area contributed by atoms with Gasteiger partial charge in [-0.15, -0.1) is 0 Å². The van der Waals surface area contributed by atoms with Gasteiger partial charge < -0.3 is 15.3 Å². The van der Waals surface area contributed by atoms with E-state index in [1.54, 1.807) is 0 Å². The Balaban J connectivity index is 1.66. The van der Waals surface area contributed by atoms with Gasteiger partial charge in [-0.3, -0.25) is 4.79 Å². The SMILES string of the molecule is CC[C@H]1[C@@H](O)C2C3CC[C@H]([C@H](F)CCC(=O)O)[C@@]3(C)C[C@H](O)C2[C@@]2(C)CCCC[C@@H]12. The third-order valence-corrected chi connectivity index (χ3v) is 10.4. The Morgan fingerprint density at radius 1 is 1.10 bits per heavy atom. The van der Waals surface area contributed by atoms with E-state index in [0.29, 0.717) is 12.3 Å². The minimum absolute atomic E-state index is 0.0275. The van der Waals surface area contributed by atoms with Crippen LogP contribution in [0.5, 0.6) is 0 Å². The van der Waals surface area contributed by atoms with Gasteiger partial charge in [0.1, 0.15) is 6.17 Å². The summed E-state index contributed by atoms with van der Waals surface area (Å²) in [5, 5.41) is 32.1. The molecule has 4 aliphatic carbocycles. The van der Waals surface area contributed by atoms with Crippen molar-refractivity contribution in [2.24, 2.45) is 46.3 Å². The summed E-state index contributed by atoms with van der Waals surface area (Å²) in [5.74, 6) is -0.115. The predicted octanol–water partition coefficient (Wildman–Crippen LogP) is 4.82. The molecule has 172 valence electrons. The second-order valence-electron chi connectivity index (χ2n) is 11.5. The van der Waals surface area contributed by atoms with E-state index in [0.717, 1.165) is 32.1 Å². The molecular weight excluding hydrogens is 383 g/mol. The average Bonchev–Trinajstić information content (AvgIpc) is 3.02. The highest BCUT2D eigenvalue weighted by atomic mass is 19.1. The number of aliphatic hydroxyl groups is 2. The first-order valence-corrected chi connectivity index (χ1v) is 12.4. The standard InChI is InChI=1S/C25H41FO4/c1-4-14-15-7-5-6-12-24(15,2)22-19(27)13-25(3)16(18(26)10-11-20(28)29)8-9-17(25)21(22)23(14)30/h14-19,21-23,27,30H,4-13H2,1-3H3,(H,28,29)/t14-,15+,16-,17?,18-,19+,21?,22?,23-,24+,25-/m1/s1. The molecule has 4 saturated carbocycles. The lowest BCUT2D eigenvalue weighted by atomic mass is 9.41. The maximum absolute atomic E-state index is 15.2. The van der Waals surface area contributed by atoms with Gasteiger partial charge in [-0.2, -0.15) is 0 Å². The summed E-state index contributed by atoms with van der Waals surface area (Å²) < 4.78 is 15.2. The van der Waals surface area contributed by atoms with Gasteiger partial charge in [0.2, 0.25) is 0 Å². The molecule has 11 atom stereocenters. The van der Waals surface area contributed by atoms with E-state index in [4.69, 9.17) is 5.11 Å². The van der Waals surface area contributed by atoms with Gasteiger partial charge in [0.05, 0.1) is 12.2 Å². The summed E-state index contributed by atoms with van der Waals surface area (Å²) >= 11 is 0. The number of carboxylic acid groups (broad SMARTS) is 1. The molecule has 0 bridgehead atoms. The van der Waals surface area contributed by atoms with E-state index in [9.17, 15) is 15.0 Å². The second-order valence-corrected chi connectivity index (χ2v) is 11.5. The number of fused-ring (bicyclic) bond motifs is 5. The van der Waals surface area contributed by atoms with Crippen molar-refractivity contribution in [1.82, 2.24) is 0 Å². The molecular formula is C25H41FO4.